The molecule has 0 saturated carbocycles. The van der Waals surface area contributed by atoms with Gasteiger partial charge in [-0.15, -0.1) is 0 Å². The summed E-state index contributed by atoms with van der Waals surface area (Å²) in [6.45, 7) is 5.98. The van der Waals surface area contributed by atoms with Crippen LogP contribution in [0.5, 0.6) is 0 Å². The van der Waals surface area contributed by atoms with E-state index < -0.39 is 0 Å². The van der Waals surface area contributed by atoms with Gasteiger partial charge in [0.2, 0.25) is 0 Å². The van der Waals surface area contributed by atoms with Crippen LogP contribution in [-0.2, 0) is 4.74 Å². The number of aliphatic hydroxyl groups is 1. The lowest BCUT2D eigenvalue weighted by Crippen LogP contribution is -2.26. The number of epoxide rings is 1. The molecule has 2 aliphatic heterocycles. The van der Waals surface area contributed by atoms with Crippen LogP contribution in [-0.4, -0.2) is 48.5 Å². The molecule has 2 heterocycles. The van der Waals surface area contributed by atoms with E-state index in [2.05, 4.69) is 11.8 Å². The van der Waals surface area contributed by atoms with E-state index in [1.165, 1.54) is 0 Å². The van der Waals surface area contributed by atoms with Crippen LogP contribution in [0.3, 0.4) is 0 Å². The van der Waals surface area contributed by atoms with Gasteiger partial charge in [0.1, 0.15) is 0 Å². The average molecular weight is 171 g/mol. The Hall–Kier alpha value is -0.120. The summed E-state index contributed by atoms with van der Waals surface area (Å²) in [4.78, 5) is 2.32. The van der Waals surface area contributed by atoms with Gasteiger partial charge in [-0.25, -0.2) is 0 Å². The van der Waals surface area contributed by atoms with Crippen LogP contribution in [0.15, 0.2) is 0 Å². The van der Waals surface area contributed by atoms with E-state index in [9.17, 15) is 5.11 Å². The van der Waals surface area contributed by atoms with Crippen LogP contribution in [0, 0.1) is 5.92 Å². The van der Waals surface area contributed by atoms with E-state index in [1.54, 1.807) is 0 Å². The standard InChI is InChI=1S/C9H17NO2/c1-2-7-3-10(5-9(7)11)4-8-6-12-8/h7-9,11H,2-6H2,1H3/t7?,8-,9?/m0/s1. The van der Waals surface area contributed by atoms with Gasteiger partial charge in [-0.05, 0) is 12.3 Å². The smallest absolute Gasteiger partial charge is 0.0936 e. The number of hydrogen-bond acceptors (Lipinski definition) is 3. The van der Waals surface area contributed by atoms with Crippen molar-refractivity contribution in [2.45, 2.75) is 25.6 Å². The number of hydrogen-bond donors (Lipinski definition) is 1. The topological polar surface area (TPSA) is 36.0 Å². The molecule has 0 aromatic heterocycles. The molecule has 0 aromatic carbocycles. The highest BCUT2D eigenvalue weighted by molar-refractivity contribution is 4.86. The number of aliphatic hydroxyl groups excluding tert-OH is 1. The Labute approximate surface area is 73.3 Å². The number of rotatable bonds is 3. The first-order valence-corrected chi connectivity index (χ1v) is 4.81. The molecule has 0 spiro atoms. The van der Waals surface area contributed by atoms with Gasteiger partial charge in [0, 0.05) is 19.6 Å². The fourth-order valence-electron chi connectivity index (χ4n) is 1.95. The maximum atomic E-state index is 9.61. The summed E-state index contributed by atoms with van der Waals surface area (Å²) in [6, 6.07) is 0. The maximum Gasteiger partial charge on any atom is 0.0936 e. The highest BCUT2D eigenvalue weighted by Gasteiger charge is 2.33. The molecule has 0 bridgehead atoms. The van der Waals surface area contributed by atoms with Crippen LogP contribution in [0.1, 0.15) is 13.3 Å². The fraction of sp³-hybridized carbons (Fsp3) is 1.00. The molecule has 2 unspecified atom stereocenters. The Morgan fingerprint density at radius 3 is 2.75 bits per heavy atom. The van der Waals surface area contributed by atoms with Gasteiger partial charge in [0.25, 0.3) is 0 Å². The minimum atomic E-state index is -0.103. The van der Waals surface area contributed by atoms with Gasteiger partial charge in [0.15, 0.2) is 0 Å². The Morgan fingerprint density at radius 1 is 1.50 bits per heavy atom. The molecule has 0 amide bonds. The zero-order chi connectivity index (χ0) is 8.55. The van der Waals surface area contributed by atoms with Gasteiger partial charge in [0.05, 0.1) is 18.8 Å². The number of ether oxygens (including phenoxy) is 1. The Morgan fingerprint density at radius 2 is 2.25 bits per heavy atom. The minimum absolute atomic E-state index is 0.103. The van der Waals surface area contributed by atoms with Crippen molar-refractivity contribution in [3.05, 3.63) is 0 Å². The molecule has 3 nitrogen and oxygen atoms in total. The molecular formula is C9H17NO2. The Kier molecular flexibility index (Phi) is 2.35. The third-order valence-electron chi connectivity index (χ3n) is 2.87. The zero-order valence-corrected chi connectivity index (χ0v) is 7.57. The summed E-state index contributed by atoms with van der Waals surface area (Å²) in [5.41, 5.74) is 0. The molecule has 2 aliphatic rings. The van der Waals surface area contributed by atoms with Gasteiger partial charge < -0.3 is 9.84 Å². The van der Waals surface area contributed by atoms with Crippen molar-refractivity contribution >= 4 is 0 Å². The second-order valence-electron chi connectivity index (χ2n) is 3.91. The van der Waals surface area contributed by atoms with Crippen LogP contribution in [0.4, 0.5) is 0 Å². The van der Waals surface area contributed by atoms with Crippen molar-refractivity contribution in [3.63, 3.8) is 0 Å². The zero-order valence-electron chi connectivity index (χ0n) is 7.57. The molecule has 0 aliphatic carbocycles. The van der Waals surface area contributed by atoms with Crippen molar-refractivity contribution in [1.82, 2.24) is 4.90 Å². The van der Waals surface area contributed by atoms with Crippen LogP contribution in [0.25, 0.3) is 0 Å². The largest absolute Gasteiger partial charge is 0.391 e. The van der Waals surface area contributed by atoms with E-state index in [-0.39, 0.29) is 6.10 Å². The molecular weight excluding hydrogens is 154 g/mol. The molecule has 0 radical (unpaired) electrons. The molecule has 1 N–H and O–H groups in total. The second-order valence-corrected chi connectivity index (χ2v) is 3.91. The first kappa shape index (κ1) is 8.48. The summed E-state index contributed by atoms with van der Waals surface area (Å²) < 4.78 is 5.15. The van der Waals surface area contributed by atoms with E-state index >= 15 is 0 Å². The minimum Gasteiger partial charge on any atom is -0.391 e. The predicted octanol–water partition coefficient (Wildman–Crippen LogP) is 0.0879. The molecule has 2 rings (SSSR count). The van der Waals surface area contributed by atoms with Crippen molar-refractivity contribution < 1.29 is 9.84 Å². The lowest BCUT2D eigenvalue weighted by molar-refractivity contribution is 0.139. The second kappa shape index (κ2) is 3.32. The fourth-order valence-corrected chi connectivity index (χ4v) is 1.95. The molecule has 70 valence electrons. The van der Waals surface area contributed by atoms with Crippen LogP contribution >= 0.6 is 0 Å². The maximum absolute atomic E-state index is 9.61. The third-order valence-corrected chi connectivity index (χ3v) is 2.87. The number of β-amino-alcohol motifs (C(OH)–C–C–N with tert-alkyl or cyclic N) is 1. The summed E-state index contributed by atoms with van der Waals surface area (Å²) in [6.07, 6.45) is 1.45. The molecule has 0 aromatic rings. The normalized spacial score (nSPS) is 42.0. The Bertz CT molecular complexity index is 159. The first-order valence-electron chi connectivity index (χ1n) is 4.81. The summed E-state index contributed by atoms with van der Waals surface area (Å²) in [7, 11) is 0. The Balaban J connectivity index is 1.78. The van der Waals surface area contributed by atoms with E-state index in [0.29, 0.717) is 12.0 Å². The van der Waals surface area contributed by atoms with Crippen molar-refractivity contribution in [1.29, 1.82) is 0 Å². The molecule has 3 atom stereocenters. The van der Waals surface area contributed by atoms with Gasteiger partial charge in [-0.2, -0.15) is 0 Å². The predicted molar refractivity (Wildman–Crippen MR) is 46.0 cm³/mol. The number of likely N-dealkylation sites (tertiary alicyclic amines) is 1. The first-order chi connectivity index (χ1) is 5.79. The summed E-state index contributed by atoms with van der Waals surface area (Å²) in [5, 5.41) is 9.61. The molecule has 2 fully saturated rings. The average Bonchev–Trinajstić information content (AvgIpc) is 2.76. The van der Waals surface area contributed by atoms with Gasteiger partial charge in [-0.3, -0.25) is 4.90 Å². The highest BCUT2D eigenvalue weighted by Crippen LogP contribution is 2.22. The monoisotopic (exact) mass is 171 g/mol. The lowest BCUT2D eigenvalue weighted by Gasteiger charge is -2.12. The lowest BCUT2D eigenvalue weighted by atomic mass is 10.0. The SMILES string of the molecule is CCC1CN(C[C@H]2CO2)CC1O. The summed E-state index contributed by atoms with van der Waals surface area (Å²) in [5.74, 6) is 0.490. The van der Waals surface area contributed by atoms with E-state index in [4.69, 9.17) is 4.74 Å². The molecule has 2 saturated heterocycles. The number of nitrogens with zero attached hydrogens (tertiary/aromatic N) is 1. The third kappa shape index (κ3) is 1.79. The van der Waals surface area contributed by atoms with Crippen molar-refractivity contribution in [3.8, 4) is 0 Å². The highest BCUT2D eigenvalue weighted by atomic mass is 16.6. The van der Waals surface area contributed by atoms with Crippen LogP contribution in [0.2, 0.25) is 0 Å². The van der Waals surface area contributed by atoms with Crippen molar-refractivity contribution in [2.24, 2.45) is 5.92 Å². The molecule has 3 heteroatoms. The van der Waals surface area contributed by atoms with Gasteiger partial charge in [-0.1, -0.05) is 6.92 Å². The van der Waals surface area contributed by atoms with Gasteiger partial charge >= 0.3 is 0 Å². The molecule has 12 heavy (non-hydrogen) atoms. The summed E-state index contributed by atoms with van der Waals surface area (Å²) >= 11 is 0. The van der Waals surface area contributed by atoms with Crippen molar-refractivity contribution in [2.75, 3.05) is 26.2 Å². The van der Waals surface area contributed by atoms with E-state index in [0.717, 1.165) is 32.7 Å². The van der Waals surface area contributed by atoms with E-state index in [1.807, 2.05) is 0 Å². The quantitative estimate of drug-likeness (QED) is 0.611. The van der Waals surface area contributed by atoms with Crippen LogP contribution < -0.4 is 0 Å².